The van der Waals surface area contributed by atoms with Crippen molar-refractivity contribution < 1.29 is 4.42 Å². The molecule has 12 rings (SSSR count). The molecule has 0 fully saturated rings. The van der Waals surface area contributed by atoms with Crippen LogP contribution in [0.1, 0.15) is 22.3 Å². The molecular weight excluding hydrogens is 691 g/mol. The molecule has 2 aliphatic rings. The monoisotopic (exact) mass is 725 g/mol. The number of benzene rings is 9. The number of para-hydroxylation sites is 2. The molecule has 2 aliphatic carbocycles. The summed E-state index contributed by atoms with van der Waals surface area (Å²) in [6, 6.07) is 77.3. The van der Waals surface area contributed by atoms with Crippen LogP contribution < -0.4 is 4.90 Å². The molecule has 2 nitrogen and oxygen atoms in total. The Kier molecular flexibility index (Phi) is 6.88. The summed E-state index contributed by atoms with van der Waals surface area (Å²) in [6.07, 6.45) is 0. The third kappa shape index (κ3) is 4.59. The summed E-state index contributed by atoms with van der Waals surface area (Å²) in [6.45, 7) is 0. The second-order valence-corrected chi connectivity index (χ2v) is 15.2. The number of fused-ring (bicyclic) bond motifs is 14. The van der Waals surface area contributed by atoms with Crippen molar-refractivity contribution in [2.75, 3.05) is 4.90 Å². The average Bonchev–Trinajstić information content (AvgIpc) is 3.91. The maximum atomic E-state index is 6.46. The van der Waals surface area contributed by atoms with Crippen LogP contribution in [0.2, 0.25) is 0 Å². The van der Waals surface area contributed by atoms with Crippen molar-refractivity contribution in [3.05, 3.63) is 235 Å². The number of nitrogens with zero attached hydrogens (tertiary/aromatic N) is 1. The van der Waals surface area contributed by atoms with Crippen LogP contribution in [0.4, 0.5) is 17.1 Å². The highest BCUT2D eigenvalue weighted by Gasteiger charge is 2.52. The third-order valence-corrected chi connectivity index (χ3v) is 12.3. The molecule has 0 amide bonds. The van der Waals surface area contributed by atoms with Gasteiger partial charge < -0.3 is 9.32 Å². The first-order chi connectivity index (χ1) is 28.3. The third-order valence-electron chi connectivity index (χ3n) is 12.3. The Morgan fingerprint density at radius 2 is 0.860 bits per heavy atom. The Labute approximate surface area is 331 Å². The van der Waals surface area contributed by atoms with E-state index in [0.29, 0.717) is 0 Å². The SMILES string of the molecule is c1ccc(-c2ccc(N(c3ccccc3)c3ccc(-c4ccc5c(c4)C4(c6ccccc6-5)c5ccccc5-c5c4ccc4oc6ccccc6c54)cc3)cc2)cc1. The Bertz CT molecular complexity index is 3160. The number of hydrogen-bond acceptors (Lipinski definition) is 2. The van der Waals surface area contributed by atoms with Gasteiger partial charge in [0.15, 0.2) is 0 Å². The molecule has 0 saturated carbocycles. The zero-order valence-corrected chi connectivity index (χ0v) is 31.1. The van der Waals surface area contributed by atoms with E-state index in [0.717, 1.165) is 33.6 Å². The largest absolute Gasteiger partial charge is 0.456 e. The lowest BCUT2D eigenvalue weighted by Crippen LogP contribution is -2.25. The highest BCUT2D eigenvalue weighted by Crippen LogP contribution is 2.64. The molecule has 266 valence electrons. The lowest BCUT2D eigenvalue weighted by molar-refractivity contribution is 0.668. The van der Waals surface area contributed by atoms with E-state index in [9.17, 15) is 0 Å². The summed E-state index contributed by atoms with van der Waals surface area (Å²) in [7, 11) is 0. The van der Waals surface area contributed by atoms with Gasteiger partial charge in [-0.15, -0.1) is 0 Å². The maximum Gasteiger partial charge on any atom is 0.136 e. The zero-order valence-electron chi connectivity index (χ0n) is 31.1. The highest BCUT2D eigenvalue weighted by atomic mass is 16.3. The Hall–Kier alpha value is -7.42. The van der Waals surface area contributed by atoms with Gasteiger partial charge in [-0.1, -0.05) is 158 Å². The Morgan fingerprint density at radius 3 is 1.60 bits per heavy atom. The summed E-state index contributed by atoms with van der Waals surface area (Å²) >= 11 is 0. The number of anilines is 3. The molecule has 0 saturated heterocycles. The van der Waals surface area contributed by atoms with Crippen molar-refractivity contribution in [3.8, 4) is 44.5 Å². The van der Waals surface area contributed by atoms with Crippen molar-refractivity contribution >= 4 is 39.0 Å². The van der Waals surface area contributed by atoms with E-state index in [1.165, 1.54) is 72.1 Å². The van der Waals surface area contributed by atoms with Crippen molar-refractivity contribution in [2.24, 2.45) is 0 Å². The first kappa shape index (κ1) is 31.9. The van der Waals surface area contributed by atoms with Crippen LogP contribution in [0.3, 0.4) is 0 Å². The van der Waals surface area contributed by atoms with E-state index in [1.54, 1.807) is 0 Å². The smallest absolute Gasteiger partial charge is 0.136 e. The first-order valence-electron chi connectivity index (χ1n) is 19.7. The summed E-state index contributed by atoms with van der Waals surface area (Å²) in [5, 5.41) is 2.36. The lowest BCUT2D eigenvalue weighted by Gasteiger charge is -2.30. The molecule has 0 bridgehead atoms. The Balaban J connectivity index is 1.01. The van der Waals surface area contributed by atoms with Gasteiger partial charge in [0, 0.05) is 27.8 Å². The number of rotatable bonds is 5. The predicted molar refractivity (Wildman–Crippen MR) is 236 cm³/mol. The van der Waals surface area contributed by atoms with Crippen LogP contribution in [-0.2, 0) is 5.41 Å². The van der Waals surface area contributed by atoms with Gasteiger partial charge in [-0.05, 0) is 121 Å². The summed E-state index contributed by atoms with van der Waals surface area (Å²) in [4.78, 5) is 2.33. The van der Waals surface area contributed by atoms with Gasteiger partial charge in [0.2, 0.25) is 0 Å². The van der Waals surface area contributed by atoms with Crippen molar-refractivity contribution in [3.63, 3.8) is 0 Å². The minimum absolute atomic E-state index is 0.462. The van der Waals surface area contributed by atoms with Crippen LogP contribution in [0, 0.1) is 0 Å². The van der Waals surface area contributed by atoms with Gasteiger partial charge >= 0.3 is 0 Å². The van der Waals surface area contributed by atoms with Crippen LogP contribution in [0.15, 0.2) is 217 Å². The fourth-order valence-electron chi connectivity index (χ4n) is 9.88. The van der Waals surface area contributed by atoms with E-state index in [1.807, 2.05) is 0 Å². The van der Waals surface area contributed by atoms with Gasteiger partial charge in [0.25, 0.3) is 0 Å². The lowest BCUT2D eigenvalue weighted by atomic mass is 9.70. The van der Waals surface area contributed by atoms with E-state index in [4.69, 9.17) is 4.42 Å². The van der Waals surface area contributed by atoms with Crippen molar-refractivity contribution in [2.45, 2.75) is 5.41 Å². The number of hydrogen-bond donors (Lipinski definition) is 0. The topological polar surface area (TPSA) is 16.4 Å². The van der Waals surface area contributed by atoms with Crippen LogP contribution in [0.5, 0.6) is 0 Å². The summed E-state index contributed by atoms with van der Waals surface area (Å²) in [5.74, 6) is 0. The van der Waals surface area contributed by atoms with Crippen LogP contribution in [0.25, 0.3) is 66.4 Å². The molecule has 0 radical (unpaired) electrons. The van der Waals surface area contributed by atoms with E-state index in [2.05, 4.69) is 217 Å². The van der Waals surface area contributed by atoms with E-state index >= 15 is 0 Å². The van der Waals surface area contributed by atoms with Gasteiger partial charge in [0.1, 0.15) is 11.2 Å². The summed E-state index contributed by atoms with van der Waals surface area (Å²) < 4.78 is 6.46. The fraction of sp³-hybridized carbons (Fsp3) is 0.0182. The predicted octanol–water partition coefficient (Wildman–Crippen LogP) is 14.7. The molecule has 0 N–H and O–H groups in total. The Morgan fingerprint density at radius 1 is 0.333 bits per heavy atom. The maximum absolute atomic E-state index is 6.46. The second-order valence-electron chi connectivity index (χ2n) is 15.2. The van der Waals surface area contributed by atoms with Crippen LogP contribution >= 0.6 is 0 Å². The molecule has 1 unspecified atom stereocenters. The molecule has 57 heavy (non-hydrogen) atoms. The normalized spacial score (nSPS) is 14.7. The molecule has 1 spiro atoms. The van der Waals surface area contributed by atoms with Crippen LogP contribution in [-0.4, -0.2) is 0 Å². The van der Waals surface area contributed by atoms with Gasteiger partial charge in [-0.3, -0.25) is 0 Å². The first-order valence-corrected chi connectivity index (χ1v) is 19.7. The fourth-order valence-corrected chi connectivity index (χ4v) is 9.88. The zero-order chi connectivity index (χ0) is 37.5. The standard InChI is InChI=1S/C55H35NO/c1-3-13-36(14-4-1)37-23-28-41(29-24-37)56(40-15-5-2-6-16-40)42-30-25-38(26-31-42)39-27-32-44-43-17-7-10-20-47(43)55(50(44)35-39)48-21-11-8-18-45(48)53-49(55)33-34-52-54(53)46-19-9-12-22-51(46)57-52/h1-35H. The van der Waals surface area contributed by atoms with Crippen molar-refractivity contribution in [1.29, 1.82) is 0 Å². The van der Waals surface area contributed by atoms with Gasteiger partial charge in [-0.25, -0.2) is 0 Å². The van der Waals surface area contributed by atoms with Gasteiger partial charge in [0.05, 0.1) is 5.41 Å². The average molecular weight is 726 g/mol. The molecule has 10 aromatic rings. The molecule has 2 heteroatoms. The molecular formula is C55H35NO. The summed E-state index contributed by atoms with van der Waals surface area (Å²) in [5.41, 5.74) is 20.0. The van der Waals surface area contributed by atoms with E-state index in [-0.39, 0.29) is 0 Å². The molecule has 0 aliphatic heterocycles. The van der Waals surface area contributed by atoms with E-state index < -0.39 is 5.41 Å². The number of furan rings is 1. The van der Waals surface area contributed by atoms with Crippen molar-refractivity contribution in [1.82, 2.24) is 0 Å². The molecule has 1 aromatic heterocycles. The highest BCUT2D eigenvalue weighted by molar-refractivity contribution is 6.16. The van der Waals surface area contributed by atoms with Gasteiger partial charge in [-0.2, -0.15) is 0 Å². The quantitative estimate of drug-likeness (QED) is 0.176. The minimum Gasteiger partial charge on any atom is -0.456 e. The minimum atomic E-state index is -0.462. The molecule has 1 heterocycles. The second kappa shape index (κ2) is 12.3. The molecule has 1 atom stereocenters. The molecule has 9 aromatic carbocycles.